The minimum Gasteiger partial charge on any atom is -0.383 e. The molecule has 0 aliphatic rings. The molecule has 0 bridgehead atoms. The van der Waals surface area contributed by atoms with Crippen LogP contribution in [0.1, 0.15) is 22.8 Å². The van der Waals surface area contributed by atoms with Gasteiger partial charge in [-0.2, -0.15) is 0 Å². The minimum atomic E-state index is -0.109. The van der Waals surface area contributed by atoms with E-state index in [9.17, 15) is 4.79 Å². The maximum absolute atomic E-state index is 12.5. The van der Waals surface area contributed by atoms with Gasteiger partial charge in [0.15, 0.2) is 0 Å². The molecule has 1 aromatic carbocycles. The molecule has 5 heteroatoms. The molecule has 20 heavy (non-hydrogen) atoms. The van der Waals surface area contributed by atoms with Crippen molar-refractivity contribution in [1.82, 2.24) is 9.88 Å². The van der Waals surface area contributed by atoms with Gasteiger partial charge in [0.1, 0.15) is 5.82 Å². The molecule has 0 fully saturated rings. The van der Waals surface area contributed by atoms with Gasteiger partial charge in [0, 0.05) is 23.8 Å². The topological polar surface area (TPSA) is 59.2 Å². The van der Waals surface area contributed by atoms with Crippen molar-refractivity contribution < 1.29 is 4.79 Å². The van der Waals surface area contributed by atoms with Crippen molar-refractivity contribution in [2.75, 3.05) is 12.3 Å². The van der Waals surface area contributed by atoms with Crippen molar-refractivity contribution >= 4 is 27.7 Å². The van der Waals surface area contributed by atoms with Gasteiger partial charge in [-0.1, -0.05) is 30.3 Å². The van der Waals surface area contributed by atoms with Crippen LogP contribution in [0.15, 0.2) is 47.1 Å². The van der Waals surface area contributed by atoms with Gasteiger partial charge < -0.3 is 10.6 Å². The van der Waals surface area contributed by atoms with Gasteiger partial charge in [0.2, 0.25) is 0 Å². The highest BCUT2D eigenvalue weighted by atomic mass is 79.9. The Morgan fingerprint density at radius 2 is 2.05 bits per heavy atom. The van der Waals surface area contributed by atoms with E-state index in [-0.39, 0.29) is 11.7 Å². The molecule has 0 saturated heterocycles. The highest BCUT2D eigenvalue weighted by Crippen LogP contribution is 2.18. The molecule has 1 heterocycles. The molecule has 0 aliphatic heterocycles. The quantitative estimate of drug-likeness (QED) is 0.935. The van der Waals surface area contributed by atoms with Crippen LogP contribution >= 0.6 is 15.9 Å². The lowest BCUT2D eigenvalue weighted by Gasteiger charge is -2.21. The average molecular weight is 334 g/mol. The van der Waals surface area contributed by atoms with Crippen LogP contribution in [0.3, 0.4) is 0 Å². The fourth-order valence-electron chi connectivity index (χ4n) is 1.92. The summed E-state index contributed by atoms with van der Waals surface area (Å²) in [4.78, 5) is 18.3. The van der Waals surface area contributed by atoms with Crippen molar-refractivity contribution in [1.29, 1.82) is 0 Å². The summed E-state index contributed by atoms with van der Waals surface area (Å²) < 4.78 is 0.741. The molecule has 104 valence electrons. The fraction of sp³-hybridized carbons (Fsp3) is 0.200. The average Bonchev–Trinajstić information content (AvgIpc) is 2.47. The van der Waals surface area contributed by atoms with E-state index >= 15 is 0 Å². The van der Waals surface area contributed by atoms with Gasteiger partial charge in [-0.05, 0) is 34.5 Å². The van der Waals surface area contributed by atoms with Gasteiger partial charge in [-0.25, -0.2) is 4.98 Å². The van der Waals surface area contributed by atoms with E-state index in [0.29, 0.717) is 18.7 Å². The Bertz CT molecular complexity index is 601. The molecule has 2 N–H and O–H groups in total. The van der Waals surface area contributed by atoms with Crippen LogP contribution in [0.4, 0.5) is 5.82 Å². The number of carbonyl (C=O) groups is 1. The summed E-state index contributed by atoms with van der Waals surface area (Å²) in [5, 5.41) is 0. The fourth-order valence-corrected chi connectivity index (χ4v) is 2.25. The van der Waals surface area contributed by atoms with Crippen LogP contribution < -0.4 is 5.73 Å². The highest BCUT2D eigenvalue weighted by Gasteiger charge is 2.18. The summed E-state index contributed by atoms with van der Waals surface area (Å²) in [6, 6.07) is 11.6. The Balaban J connectivity index is 2.23. The van der Waals surface area contributed by atoms with Crippen molar-refractivity contribution in [3.05, 3.63) is 58.2 Å². The van der Waals surface area contributed by atoms with Crippen molar-refractivity contribution in [3.63, 3.8) is 0 Å². The van der Waals surface area contributed by atoms with E-state index in [0.717, 1.165) is 10.0 Å². The lowest BCUT2D eigenvalue weighted by molar-refractivity contribution is 0.0753. The summed E-state index contributed by atoms with van der Waals surface area (Å²) in [5.74, 6) is 0.146. The first-order valence-electron chi connectivity index (χ1n) is 6.36. The molecule has 0 atom stereocenters. The zero-order chi connectivity index (χ0) is 14.5. The lowest BCUT2D eigenvalue weighted by Crippen LogP contribution is -2.31. The molecular weight excluding hydrogens is 318 g/mol. The highest BCUT2D eigenvalue weighted by molar-refractivity contribution is 9.10. The van der Waals surface area contributed by atoms with Crippen molar-refractivity contribution in [2.24, 2.45) is 0 Å². The summed E-state index contributed by atoms with van der Waals surface area (Å²) in [6.07, 6.45) is 1.58. The molecule has 0 unspecified atom stereocenters. The van der Waals surface area contributed by atoms with Crippen molar-refractivity contribution in [2.45, 2.75) is 13.5 Å². The third kappa shape index (κ3) is 3.36. The maximum atomic E-state index is 12.5. The van der Waals surface area contributed by atoms with Crippen LogP contribution in [0.2, 0.25) is 0 Å². The number of carbonyl (C=O) groups excluding carboxylic acids is 1. The number of nitrogens with zero attached hydrogens (tertiary/aromatic N) is 2. The predicted molar refractivity (Wildman–Crippen MR) is 83.2 cm³/mol. The summed E-state index contributed by atoms with van der Waals surface area (Å²) in [7, 11) is 0. The van der Waals surface area contributed by atoms with Crippen LogP contribution in [0.25, 0.3) is 0 Å². The van der Waals surface area contributed by atoms with Crippen LogP contribution in [-0.2, 0) is 6.54 Å². The van der Waals surface area contributed by atoms with Crippen LogP contribution in [0.5, 0.6) is 0 Å². The SMILES string of the molecule is CCN(Cc1ccccc1)C(=O)c1cc(Br)cnc1N. The summed E-state index contributed by atoms with van der Waals surface area (Å²) >= 11 is 3.31. The van der Waals surface area contributed by atoms with E-state index in [2.05, 4.69) is 20.9 Å². The van der Waals surface area contributed by atoms with Gasteiger partial charge in [0.05, 0.1) is 5.56 Å². The number of nitrogen functional groups attached to an aromatic ring is 1. The number of pyridine rings is 1. The first kappa shape index (κ1) is 14.5. The molecule has 2 aromatic rings. The molecule has 4 nitrogen and oxygen atoms in total. The molecule has 1 aromatic heterocycles. The first-order valence-corrected chi connectivity index (χ1v) is 7.15. The van der Waals surface area contributed by atoms with Gasteiger partial charge >= 0.3 is 0 Å². The molecule has 2 rings (SSSR count). The normalized spacial score (nSPS) is 10.3. The third-order valence-electron chi connectivity index (χ3n) is 3.00. The molecule has 0 saturated carbocycles. The number of rotatable bonds is 4. The first-order chi connectivity index (χ1) is 9.61. The Morgan fingerprint density at radius 3 is 2.70 bits per heavy atom. The summed E-state index contributed by atoms with van der Waals surface area (Å²) in [5.41, 5.74) is 7.31. The maximum Gasteiger partial charge on any atom is 0.257 e. The zero-order valence-electron chi connectivity index (χ0n) is 11.2. The summed E-state index contributed by atoms with van der Waals surface area (Å²) in [6.45, 7) is 3.12. The number of hydrogen-bond donors (Lipinski definition) is 1. The molecule has 0 radical (unpaired) electrons. The van der Waals surface area contributed by atoms with E-state index < -0.39 is 0 Å². The second kappa shape index (κ2) is 6.52. The van der Waals surface area contributed by atoms with Gasteiger partial charge in [-0.3, -0.25) is 4.79 Å². The van der Waals surface area contributed by atoms with Crippen molar-refractivity contribution in [3.8, 4) is 0 Å². The molecule has 0 aliphatic carbocycles. The van der Waals surface area contributed by atoms with E-state index in [4.69, 9.17) is 5.73 Å². The third-order valence-corrected chi connectivity index (χ3v) is 3.43. The Morgan fingerprint density at radius 1 is 1.35 bits per heavy atom. The standard InChI is InChI=1S/C15H16BrN3O/c1-2-19(10-11-6-4-3-5-7-11)15(20)13-8-12(16)9-18-14(13)17/h3-9H,2,10H2,1H3,(H2,17,18). The molecule has 0 spiro atoms. The zero-order valence-corrected chi connectivity index (χ0v) is 12.8. The number of halogens is 1. The van der Waals surface area contributed by atoms with E-state index in [1.54, 1.807) is 17.2 Å². The second-order valence-electron chi connectivity index (χ2n) is 4.39. The van der Waals surface area contributed by atoms with Gasteiger partial charge in [0.25, 0.3) is 5.91 Å². The van der Waals surface area contributed by atoms with E-state index in [1.165, 1.54) is 0 Å². The number of hydrogen-bond acceptors (Lipinski definition) is 3. The molecular formula is C15H16BrN3O. The largest absolute Gasteiger partial charge is 0.383 e. The monoisotopic (exact) mass is 333 g/mol. The number of anilines is 1. The van der Waals surface area contributed by atoms with E-state index in [1.807, 2.05) is 37.3 Å². The van der Waals surface area contributed by atoms with Crippen LogP contribution in [0, 0.1) is 0 Å². The predicted octanol–water partition coefficient (Wildman–Crippen LogP) is 3.09. The second-order valence-corrected chi connectivity index (χ2v) is 5.31. The van der Waals surface area contributed by atoms with Gasteiger partial charge in [-0.15, -0.1) is 0 Å². The lowest BCUT2D eigenvalue weighted by atomic mass is 10.1. The Kier molecular flexibility index (Phi) is 4.74. The molecule has 1 amide bonds. The smallest absolute Gasteiger partial charge is 0.257 e. The number of benzene rings is 1. The minimum absolute atomic E-state index is 0.109. The number of nitrogens with two attached hydrogens (primary N) is 1. The van der Waals surface area contributed by atoms with Crippen LogP contribution in [-0.4, -0.2) is 22.3 Å². The number of aromatic nitrogens is 1. The Hall–Kier alpha value is -1.88. The number of amides is 1. The Labute approximate surface area is 126 Å².